The van der Waals surface area contributed by atoms with Crippen LogP contribution in [-0.4, -0.2) is 58.8 Å². The van der Waals surface area contributed by atoms with Gasteiger partial charge in [-0.05, 0) is 32.4 Å². The van der Waals surface area contributed by atoms with Crippen molar-refractivity contribution in [2.45, 2.75) is 12.8 Å². The molecule has 0 spiro atoms. The van der Waals surface area contributed by atoms with Gasteiger partial charge in [-0.1, -0.05) is 0 Å². The fourth-order valence-corrected chi connectivity index (χ4v) is 2.98. The lowest BCUT2D eigenvalue weighted by atomic mass is 9.98. The lowest BCUT2D eigenvalue weighted by molar-refractivity contribution is 0.0933. The molecule has 1 aromatic rings. The van der Waals surface area contributed by atoms with E-state index in [4.69, 9.17) is 14.2 Å². The largest absolute Gasteiger partial charge is 0.496 e. The van der Waals surface area contributed by atoms with Crippen LogP contribution in [-0.2, 0) is 0 Å². The van der Waals surface area contributed by atoms with E-state index < -0.39 is 0 Å². The second-order valence-corrected chi connectivity index (χ2v) is 5.89. The van der Waals surface area contributed by atoms with Crippen LogP contribution in [0.25, 0.3) is 0 Å². The van der Waals surface area contributed by atoms with Crippen LogP contribution >= 0.6 is 0 Å². The summed E-state index contributed by atoms with van der Waals surface area (Å²) < 4.78 is 15.8. The van der Waals surface area contributed by atoms with Crippen molar-refractivity contribution >= 4 is 5.91 Å². The van der Waals surface area contributed by atoms with Gasteiger partial charge in [0.15, 0.2) is 11.5 Å². The number of carbonyl (C=O) groups is 1. The molecule has 6 nitrogen and oxygen atoms in total. The van der Waals surface area contributed by atoms with Gasteiger partial charge in [0, 0.05) is 25.2 Å². The Labute approximate surface area is 137 Å². The van der Waals surface area contributed by atoms with Crippen molar-refractivity contribution < 1.29 is 19.0 Å². The van der Waals surface area contributed by atoms with Crippen LogP contribution in [0, 0.1) is 5.92 Å². The average Bonchev–Trinajstić information content (AvgIpc) is 2.58. The molecule has 1 aromatic carbocycles. The molecule has 0 saturated carbocycles. The number of piperidine rings is 1. The summed E-state index contributed by atoms with van der Waals surface area (Å²) in [4.78, 5) is 14.8. The van der Waals surface area contributed by atoms with Crippen molar-refractivity contribution in [2.75, 3.05) is 48.0 Å². The number of amides is 1. The highest BCUT2D eigenvalue weighted by atomic mass is 16.5. The maximum absolute atomic E-state index is 12.5. The summed E-state index contributed by atoms with van der Waals surface area (Å²) in [6.45, 7) is 2.82. The van der Waals surface area contributed by atoms with E-state index in [1.165, 1.54) is 13.5 Å². The third kappa shape index (κ3) is 4.28. The number of carbonyl (C=O) groups excluding carboxylic acids is 1. The van der Waals surface area contributed by atoms with Crippen LogP contribution in [0.2, 0.25) is 0 Å². The number of rotatable bonds is 6. The lowest BCUT2D eigenvalue weighted by Gasteiger charge is -2.29. The van der Waals surface area contributed by atoms with E-state index in [0.717, 1.165) is 19.5 Å². The maximum atomic E-state index is 12.5. The smallest absolute Gasteiger partial charge is 0.255 e. The molecule has 23 heavy (non-hydrogen) atoms. The molecular weight excluding hydrogens is 296 g/mol. The minimum Gasteiger partial charge on any atom is -0.496 e. The Bertz CT molecular complexity index is 548. The van der Waals surface area contributed by atoms with Crippen LogP contribution in [0.1, 0.15) is 23.2 Å². The van der Waals surface area contributed by atoms with Crippen molar-refractivity contribution in [3.05, 3.63) is 17.7 Å². The van der Waals surface area contributed by atoms with Crippen LogP contribution in [0.15, 0.2) is 12.1 Å². The summed E-state index contributed by atoms with van der Waals surface area (Å²) in [6, 6.07) is 3.32. The first kappa shape index (κ1) is 17.4. The van der Waals surface area contributed by atoms with E-state index >= 15 is 0 Å². The van der Waals surface area contributed by atoms with E-state index in [1.54, 1.807) is 26.4 Å². The molecule has 1 atom stereocenters. The fourth-order valence-electron chi connectivity index (χ4n) is 2.98. The number of ether oxygens (including phenoxy) is 3. The SMILES string of the molecule is COc1cc(OC)c(C(=O)NCC2CCCN(C)C2)cc1OC. The Hall–Kier alpha value is -1.95. The second-order valence-electron chi connectivity index (χ2n) is 5.89. The normalized spacial score (nSPS) is 18.3. The molecule has 0 aliphatic carbocycles. The van der Waals surface area contributed by atoms with Crippen molar-refractivity contribution in [2.24, 2.45) is 5.92 Å². The van der Waals surface area contributed by atoms with Crippen LogP contribution in [0.4, 0.5) is 0 Å². The molecule has 6 heteroatoms. The number of hydrogen-bond acceptors (Lipinski definition) is 5. The molecule has 1 N–H and O–H groups in total. The van der Waals surface area contributed by atoms with E-state index in [0.29, 0.717) is 35.3 Å². The molecule has 0 radical (unpaired) electrons. The minimum atomic E-state index is -0.156. The summed E-state index contributed by atoms with van der Waals surface area (Å²) in [5.41, 5.74) is 0.453. The molecule has 1 saturated heterocycles. The van der Waals surface area contributed by atoms with Gasteiger partial charge in [-0.3, -0.25) is 4.79 Å². The van der Waals surface area contributed by atoms with Crippen LogP contribution in [0.3, 0.4) is 0 Å². The summed E-state index contributed by atoms with van der Waals surface area (Å²) in [5, 5.41) is 3.01. The molecule has 2 rings (SSSR count). The summed E-state index contributed by atoms with van der Waals surface area (Å²) in [7, 11) is 6.75. The fraction of sp³-hybridized carbons (Fsp3) is 0.588. The van der Waals surface area contributed by atoms with Gasteiger partial charge < -0.3 is 24.4 Å². The van der Waals surface area contributed by atoms with Crippen LogP contribution in [0.5, 0.6) is 17.2 Å². The molecule has 0 bridgehead atoms. The van der Waals surface area contributed by atoms with Gasteiger partial charge in [0.2, 0.25) is 0 Å². The topological polar surface area (TPSA) is 60.0 Å². The number of nitrogens with one attached hydrogen (secondary N) is 1. The van der Waals surface area contributed by atoms with Gasteiger partial charge in [0.05, 0.1) is 26.9 Å². The molecule has 1 unspecified atom stereocenters. The Morgan fingerprint density at radius 1 is 1.17 bits per heavy atom. The Morgan fingerprint density at radius 3 is 2.43 bits per heavy atom. The molecule has 1 fully saturated rings. The van der Waals surface area contributed by atoms with Crippen molar-refractivity contribution in [1.29, 1.82) is 0 Å². The van der Waals surface area contributed by atoms with Gasteiger partial charge in [0.1, 0.15) is 5.75 Å². The van der Waals surface area contributed by atoms with Gasteiger partial charge in [-0.15, -0.1) is 0 Å². The summed E-state index contributed by atoms with van der Waals surface area (Å²) in [5.74, 6) is 1.85. The molecule has 0 aromatic heterocycles. The quantitative estimate of drug-likeness (QED) is 0.865. The zero-order chi connectivity index (χ0) is 16.8. The predicted octanol–water partition coefficient (Wildman–Crippen LogP) is 1.78. The Balaban J connectivity index is 2.08. The Morgan fingerprint density at radius 2 is 1.83 bits per heavy atom. The minimum absolute atomic E-state index is 0.156. The van der Waals surface area contributed by atoms with Gasteiger partial charge in [-0.2, -0.15) is 0 Å². The van der Waals surface area contributed by atoms with E-state index in [9.17, 15) is 4.79 Å². The summed E-state index contributed by atoms with van der Waals surface area (Å²) in [6.07, 6.45) is 2.32. The van der Waals surface area contributed by atoms with Crippen molar-refractivity contribution in [3.8, 4) is 17.2 Å². The third-order valence-corrected chi connectivity index (χ3v) is 4.22. The monoisotopic (exact) mass is 322 g/mol. The maximum Gasteiger partial charge on any atom is 0.255 e. The molecule has 128 valence electrons. The van der Waals surface area contributed by atoms with E-state index in [-0.39, 0.29) is 5.91 Å². The first-order chi connectivity index (χ1) is 11.1. The molecule has 1 heterocycles. The zero-order valence-electron chi connectivity index (χ0n) is 14.3. The first-order valence-electron chi connectivity index (χ1n) is 7.85. The highest BCUT2D eigenvalue weighted by molar-refractivity contribution is 5.97. The molecule has 1 aliphatic rings. The number of benzene rings is 1. The molecule has 1 amide bonds. The van der Waals surface area contributed by atoms with Gasteiger partial charge in [0.25, 0.3) is 5.91 Å². The summed E-state index contributed by atoms with van der Waals surface area (Å²) >= 11 is 0. The van der Waals surface area contributed by atoms with Gasteiger partial charge >= 0.3 is 0 Å². The van der Waals surface area contributed by atoms with Crippen molar-refractivity contribution in [1.82, 2.24) is 10.2 Å². The predicted molar refractivity (Wildman–Crippen MR) is 88.7 cm³/mol. The number of nitrogens with zero attached hydrogens (tertiary/aromatic N) is 1. The standard InChI is InChI=1S/C17H26N2O4/c1-19-7-5-6-12(11-19)10-18-17(20)13-8-15(22-3)16(23-4)9-14(13)21-2/h8-9,12H,5-7,10-11H2,1-4H3,(H,18,20). The third-order valence-electron chi connectivity index (χ3n) is 4.22. The number of hydrogen-bond donors (Lipinski definition) is 1. The molecular formula is C17H26N2O4. The molecule has 1 aliphatic heterocycles. The second kappa shape index (κ2) is 8.06. The van der Waals surface area contributed by atoms with E-state index in [2.05, 4.69) is 17.3 Å². The first-order valence-corrected chi connectivity index (χ1v) is 7.85. The highest BCUT2D eigenvalue weighted by Crippen LogP contribution is 2.34. The number of likely N-dealkylation sites (tertiary alicyclic amines) is 1. The zero-order valence-corrected chi connectivity index (χ0v) is 14.3. The van der Waals surface area contributed by atoms with E-state index in [1.807, 2.05) is 0 Å². The highest BCUT2D eigenvalue weighted by Gasteiger charge is 2.21. The van der Waals surface area contributed by atoms with Gasteiger partial charge in [-0.25, -0.2) is 0 Å². The lowest BCUT2D eigenvalue weighted by Crippen LogP contribution is -2.39. The average molecular weight is 322 g/mol. The Kier molecular flexibility index (Phi) is 6.10. The number of methoxy groups -OCH3 is 3. The van der Waals surface area contributed by atoms with Crippen molar-refractivity contribution in [3.63, 3.8) is 0 Å². The van der Waals surface area contributed by atoms with Crippen LogP contribution < -0.4 is 19.5 Å².